The monoisotopic (exact) mass is 307 g/mol. The second-order valence-electron chi connectivity index (χ2n) is 5.02. The van der Waals surface area contributed by atoms with Crippen molar-refractivity contribution in [2.75, 3.05) is 0 Å². The lowest BCUT2D eigenvalue weighted by Crippen LogP contribution is -2.29. The Kier molecular flexibility index (Phi) is 7.85. The molecule has 0 saturated heterocycles. The second-order valence-corrected chi connectivity index (χ2v) is 5.02. The summed E-state index contributed by atoms with van der Waals surface area (Å²) in [5.41, 5.74) is 6.57. The summed E-state index contributed by atoms with van der Waals surface area (Å²) in [5, 5.41) is 8.62. The maximum atomic E-state index is 11.6. The smallest absolute Gasteiger partial charge is 0.320 e. The molecule has 1 aromatic rings. The molecule has 1 aromatic carbocycles. The maximum Gasteiger partial charge on any atom is 0.320 e. The molecule has 22 heavy (non-hydrogen) atoms. The molecule has 120 valence electrons. The number of ether oxygens (including phenoxy) is 1. The number of hydrogen-bond donors (Lipinski definition) is 2. The van der Waals surface area contributed by atoms with Gasteiger partial charge in [-0.3, -0.25) is 14.4 Å². The van der Waals surface area contributed by atoms with Crippen molar-refractivity contribution < 1.29 is 24.2 Å². The van der Waals surface area contributed by atoms with Crippen LogP contribution in [0, 0.1) is 0 Å². The molecular weight excluding hydrogens is 286 g/mol. The van der Waals surface area contributed by atoms with E-state index in [1.165, 1.54) is 0 Å². The Bertz CT molecular complexity index is 515. The van der Waals surface area contributed by atoms with Gasteiger partial charge in [-0.25, -0.2) is 0 Å². The summed E-state index contributed by atoms with van der Waals surface area (Å²) in [7, 11) is 0. The Hall–Kier alpha value is -2.21. The van der Waals surface area contributed by atoms with E-state index < -0.39 is 12.0 Å². The average molecular weight is 307 g/mol. The highest BCUT2D eigenvalue weighted by Crippen LogP contribution is 2.10. The fourth-order valence-corrected chi connectivity index (χ4v) is 1.94. The van der Waals surface area contributed by atoms with Crippen molar-refractivity contribution in [2.45, 2.75) is 44.8 Å². The third kappa shape index (κ3) is 6.49. The van der Waals surface area contributed by atoms with Gasteiger partial charge in [0, 0.05) is 12.0 Å². The molecule has 0 aliphatic carbocycles. The molecule has 1 atom stereocenters. The van der Waals surface area contributed by atoms with Crippen LogP contribution in [0.3, 0.4) is 0 Å². The van der Waals surface area contributed by atoms with Crippen LogP contribution in [0.5, 0.6) is 0 Å². The zero-order chi connectivity index (χ0) is 16.4. The largest absolute Gasteiger partial charge is 0.480 e. The van der Waals surface area contributed by atoms with Crippen LogP contribution in [-0.4, -0.2) is 29.4 Å². The van der Waals surface area contributed by atoms with Gasteiger partial charge in [0.25, 0.3) is 0 Å². The summed E-state index contributed by atoms with van der Waals surface area (Å²) in [4.78, 5) is 32.9. The molecule has 0 unspecified atom stereocenters. The molecule has 0 aromatic heterocycles. The molecule has 0 aliphatic heterocycles. The molecule has 3 N–H and O–H groups in total. The van der Waals surface area contributed by atoms with Crippen molar-refractivity contribution in [3.8, 4) is 0 Å². The number of carboxylic acids is 1. The van der Waals surface area contributed by atoms with Gasteiger partial charge in [-0.2, -0.15) is 0 Å². The normalized spacial score (nSPS) is 11.7. The van der Waals surface area contributed by atoms with E-state index in [9.17, 15) is 14.4 Å². The van der Waals surface area contributed by atoms with Crippen LogP contribution in [0.2, 0.25) is 0 Å². The zero-order valence-corrected chi connectivity index (χ0v) is 12.4. The lowest BCUT2D eigenvalue weighted by Gasteiger charge is -2.07. The number of carbonyl (C=O) groups is 3. The van der Waals surface area contributed by atoms with Gasteiger partial charge in [0.15, 0.2) is 0 Å². The highest BCUT2D eigenvalue weighted by atomic mass is 16.5. The predicted molar refractivity (Wildman–Crippen MR) is 80.3 cm³/mol. The van der Waals surface area contributed by atoms with Crippen molar-refractivity contribution >= 4 is 18.2 Å². The van der Waals surface area contributed by atoms with Crippen LogP contribution in [0.25, 0.3) is 0 Å². The number of benzene rings is 1. The molecule has 0 bridgehead atoms. The molecule has 0 amide bonds. The van der Waals surface area contributed by atoms with Gasteiger partial charge in [0.05, 0.1) is 0 Å². The SMILES string of the molecule is N[C@@H](CCCCCC(=O)OCc1ccccc1C=O)C(=O)O. The van der Waals surface area contributed by atoms with Crippen molar-refractivity contribution in [3.05, 3.63) is 35.4 Å². The van der Waals surface area contributed by atoms with E-state index in [-0.39, 0.29) is 19.0 Å². The van der Waals surface area contributed by atoms with Crippen LogP contribution in [0.1, 0.15) is 48.0 Å². The minimum Gasteiger partial charge on any atom is -0.480 e. The average Bonchev–Trinajstić information content (AvgIpc) is 2.52. The van der Waals surface area contributed by atoms with Gasteiger partial charge in [-0.15, -0.1) is 0 Å². The van der Waals surface area contributed by atoms with E-state index in [0.29, 0.717) is 30.4 Å². The highest BCUT2D eigenvalue weighted by molar-refractivity contribution is 5.77. The quantitative estimate of drug-likeness (QED) is 0.388. The van der Waals surface area contributed by atoms with Gasteiger partial charge in [0.2, 0.25) is 0 Å². The Labute approximate surface area is 129 Å². The van der Waals surface area contributed by atoms with Gasteiger partial charge in [-0.05, 0) is 18.4 Å². The molecule has 0 radical (unpaired) electrons. The van der Waals surface area contributed by atoms with Crippen LogP contribution in [0.15, 0.2) is 24.3 Å². The summed E-state index contributed by atoms with van der Waals surface area (Å²) in [5.74, 6) is -1.34. The lowest BCUT2D eigenvalue weighted by molar-refractivity contribution is -0.145. The van der Waals surface area contributed by atoms with Crippen LogP contribution in [0.4, 0.5) is 0 Å². The van der Waals surface area contributed by atoms with E-state index in [0.717, 1.165) is 12.7 Å². The minimum absolute atomic E-state index is 0.0810. The Morgan fingerprint density at radius 2 is 1.95 bits per heavy atom. The highest BCUT2D eigenvalue weighted by Gasteiger charge is 2.11. The lowest BCUT2D eigenvalue weighted by atomic mass is 10.1. The van der Waals surface area contributed by atoms with Crippen molar-refractivity contribution in [2.24, 2.45) is 5.73 Å². The summed E-state index contributed by atoms with van der Waals surface area (Å²) >= 11 is 0. The fraction of sp³-hybridized carbons (Fsp3) is 0.438. The molecule has 0 spiro atoms. The van der Waals surface area contributed by atoms with Gasteiger partial charge < -0.3 is 15.6 Å². The second kappa shape index (κ2) is 9.68. The number of rotatable bonds is 10. The first-order chi connectivity index (χ1) is 10.5. The van der Waals surface area contributed by atoms with E-state index in [4.69, 9.17) is 15.6 Å². The summed E-state index contributed by atoms with van der Waals surface area (Å²) < 4.78 is 5.12. The van der Waals surface area contributed by atoms with Gasteiger partial charge in [-0.1, -0.05) is 37.1 Å². The minimum atomic E-state index is -1.01. The molecule has 6 heteroatoms. The van der Waals surface area contributed by atoms with E-state index >= 15 is 0 Å². The molecule has 0 saturated carbocycles. The first-order valence-corrected chi connectivity index (χ1v) is 7.21. The summed E-state index contributed by atoms with van der Waals surface area (Å²) in [6, 6.07) is 6.09. The standard InChI is InChI=1S/C16H21NO5/c17-14(16(20)21)8-2-1-3-9-15(19)22-11-13-7-5-4-6-12(13)10-18/h4-7,10,14H,1-3,8-9,11,17H2,(H,20,21)/t14-/m0/s1. The molecular formula is C16H21NO5. The third-order valence-electron chi connectivity index (χ3n) is 3.28. The Balaban J connectivity index is 2.19. The number of unbranched alkanes of at least 4 members (excludes halogenated alkanes) is 2. The third-order valence-corrected chi connectivity index (χ3v) is 3.28. The van der Waals surface area contributed by atoms with E-state index in [1.54, 1.807) is 24.3 Å². The number of esters is 1. The Morgan fingerprint density at radius 3 is 2.64 bits per heavy atom. The molecule has 0 fully saturated rings. The number of aliphatic carboxylic acids is 1. The topological polar surface area (TPSA) is 107 Å². The van der Waals surface area contributed by atoms with Crippen molar-refractivity contribution in [1.29, 1.82) is 0 Å². The van der Waals surface area contributed by atoms with Crippen molar-refractivity contribution in [3.63, 3.8) is 0 Å². The first kappa shape index (κ1) is 17.8. The van der Waals surface area contributed by atoms with Crippen LogP contribution >= 0.6 is 0 Å². The molecule has 0 aliphatic rings. The van der Waals surface area contributed by atoms with E-state index in [2.05, 4.69) is 0 Å². The number of nitrogens with two attached hydrogens (primary N) is 1. The first-order valence-electron chi connectivity index (χ1n) is 7.21. The number of aldehydes is 1. The number of carbonyl (C=O) groups excluding carboxylic acids is 2. The molecule has 0 heterocycles. The maximum absolute atomic E-state index is 11.6. The van der Waals surface area contributed by atoms with Gasteiger partial charge in [0.1, 0.15) is 18.9 Å². The molecule has 6 nitrogen and oxygen atoms in total. The predicted octanol–water partition coefficient (Wildman–Crippen LogP) is 1.90. The number of hydrogen-bond acceptors (Lipinski definition) is 5. The summed E-state index contributed by atoms with van der Waals surface area (Å²) in [6.07, 6.45) is 3.41. The molecule has 1 rings (SSSR count). The van der Waals surface area contributed by atoms with Crippen LogP contribution < -0.4 is 5.73 Å². The van der Waals surface area contributed by atoms with Crippen LogP contribution in [-0.2, 0) is 20.9 Å². The Morgan fingerprint density at radius 1 is 1.23 bits per heavy atom. The number of carboxylic acid groups (broad SMARTS) is 1. The van der Waals surface area contributed by atoms with Crippen molar-refractivity contribution in [1.82, 2.24) is 0 Å². The van der Waals surface area contributed by atoms with E-state index in [1.807, 2.05) is 0 Å². The fourth-order valence-electron chi connectivity index (χ4n) is 1.94. The zero-order valence-electron chi connectivity index (χ0n) is 12.4. The summed E-state index contributed by atoms with van der Waals surface area (Å²) in [6.45, 7) is 0.0810. The van der Waals surface area contributed by atoms with Gasteiger partial charge >= 0.3 is 11.9 Å².